The van der Waals surface area contributed by atoms with Gasteiger partial charge in [0.05, 0.1) is 6.04 Å². The largest absolute Gasteiger partial charge is 0.330 e. The van der Waals surface area contributed by atoms with Crippen molar-refractivity contribution in [2.45, 2.75) is 32.7 Å². The van der Waals surface area contributed by atoms with Crippen molar-refractivity contribution in [2.24, 2.45) is 0 Å². The smallest absolute Gasteiger partial charge is 0.254 e. The molecule has 0 saturated heterocycles. The first-order valence-corrected chi connectivity index (χ1v) is 12.7. The van der Waals surface area contributed by atoms with Crippen LogP contribution in [0.1, 0.15) is 51.3 Å². The molecule has 3 aromatic rings. The zero-order valence-corrected chi connectivity index (χ0v) is 21.0. The molecule has 7 heteroatoms. The van der Waals surface area contributed by atoms with Crippen molar-refractivity contribution in [1.29, 1.82) is 0 Å². The summed E-state index contributed by atoms with van der Waals surface area (Å²) in [6.45, 7) is 5.05. The van der Waals surface area contributed by atoms with E-state index in [-0.39, 0.29) is 24.4 Å². The van der Waals surface area contributed by atoms with Gasteiger partial charge >= 0.3 is 0 Å². The maximum absolute atomic E-state index is 13.7. The fourth-order valence-corrected chi connectivity index (χ4v) is 5.82. The fraction of sp³-hybridized carbons (Fsp3) is 0.308. The molecule has 1 unspecified atom stereocenters. The predicted molar refractivity (Wildman–Crippen MR) is 135 cm³/mol. The SMILES string of the molecule is CCCN(CC(=O)N1CCc2sccc2C1c1ccc(Cl)cc1Cl)C(=O)c1ccccc1C. The van der Waals surface area contributed by atoms with E-state index in [0.29, 0.717) is 28.7 Å². The van der Waals surface area contributed by atoms with Crippen molar-refractivity contribution in [2.75, 3.05) is 19.6 Å². The van der Waals surface area contributed by atoms with Gasteiger partial charge in [0, 0.05) is 33.6 Å². The van der Waals surface area contributed by atoms with Gasteiger partial charge in [-0.1, -0.05) is 54.4 Å². The van der Waals surface area contributed by atoms with Crippen LogP contribution >= 0.6 is 34.5 Å². The molecule has 2 aromatic carbocycles. The minimum absolute atomic E-state index is 0.0299. The third-order valence-electron chi connectivity index (χ3n) is 6.03. The normalized spacial score (nSPS) is 15.3. The van der Waals surface area contributed by atoms with Crippen LogP contribution < -0.4 is 0 Å². The highest BCUT2D eigenvalue weighted by atomic mass is 35.5. The van der Waals surface area contributed by atoms with Crippen LogP contribution in [0.2, 0.25) is 10.0 Å². The van der Waals surface area contributed by atoms with Gasteiger partial charge in [-0.15, -0.1) is 11.3 Å². The fourth-order valence-electron chi connectivity index (χ4n) is 4.40. The number of hydrogen-bond acceptors (Lipinski definition) is 3. The number of halogens is 2. The molecule has 2 heterocycles. The molecular weight excluding hydrogens is 475 g/mol. The summed E-state index contributed by atoms with van der Waals surface area (Å²) in [7, 11) is 0. The second-order valence-electron chi connectivity index (χ2n) is 8.25. The zero-order valence-electron chi connectivity index (χ0n) is 18.7. The van der Waals surface area contributed by atoms with Crippen molar-refractivity contribution >= 4 is 46.4 Å². The number of fused-ring (bicyclic) bond motifs is 1. The number of rotatable bonds is 6. The summed E-state index contributed by atoms with van der Waals surface area (Å²) in [5.74, 6) is -0.198. The van der Waals surface area contributed by atoms with E-state index in [4.69, 9.17) is 23.2 Å². The van der Waals surface area contributed by atoms with Gasteiger partial charge in [-0.2, -0.15) is 0 Å². The Bertz CT molecular complexity index is 1180. The predicted octanol–water partition coefficient (Wildman–Crippen LogP) is 6.39. The minimum Gasteiger partial charge on any atom is -0.330 e. The molecule has 0 bridgehead atoms. The van der Waals surface area contributed by atoms with Crippen LogP contribution in [0.5, 0.6) is 0 Å². The van der Waals surface area contributed by atoms with Gasteiger partial charge in [-0.3, -0.25) is 9.59 Å². The number of amides is 2. The Morgan fingerprint density at radius 1 is 1.12 bits per heavy atom. The Kier molecular flexibility index (Phi) is 7.42. The van der Waals surface area contributed by atoms with Gasteiger partial charge in [0.15, 0.2) is 0 Å². The van der Waals surface area contributed by atoms with E-state index in [1.54, 1.807) is 28.4 Å². The van der Waals surface area contributed by atoms with E-state index < -0.39 is 0 Å². The summed E-state index contributed by atoms with van der Waals surface area (Å²) in [4.78, 5) is 31.7. The number of carbonyl (C=O) groups is 2. The minimum atomic E-state index is -0.297. The van der Waals surface area contributed by atoms with Crippen molar-refractivity contribution in [3.8, 4) is 0 Å². The quantitative estimate of drug-likeness (QED) is 0.393. The maximum Gasteiger partial charge on any atom is 0.254 e. The van der Waals surface area contributed by atoms with E-state index in [2.05, 4.69) is 11.4 Å². The van der Waals surface area contributed by atoms with E-state index >= 15 is 0 Å². The number of nitrogens with zero attached hydrogens (tertiary/aromatic N) is 2. The lowest BCUT2D eigenvalue weighted by molar-refractivity contribution is -0.134. The lowest BCUT2D eigenvalue weighted by atomic mass is 9.93. The summed E-state index contributed by atoms with van der Waals surface area (Å²) >= 11 is 14.4. The molecular formula is C26H26Cl2N2O2S. The van der Waals surface area contributed by atoms with E-state index in [1.165, 1.54) is 4.88 Å². The average molecular weight is 501 g/mol. The Labute approximate surface area is 208 Å². The highest BCUT2D eigenvalue weighted by molar-refractivity contribution is 7.10. The van der Waals surface area contributed by atoms with Crippen LogP contribution in [0.15, 0.2) is 53.9 Å². The lowest BCUT2D eigenvalue weighted by Gasteiger charge is -2.38. The van der Waals surface area contributed by atoms with Crippen molar-refractivity contribution in [3.05, 3.63) is 91.1 Å². The lowest BCUT2D eigenvalue weighted by Crippen LogP contribution is -2.47. The summed E-state index contributed by atoms with van der Waals surface area (Å²) in [5, 5.41) is 3.15. The Balaban J connectivity index is 1.65. The van der Waals surface area contributed by atoms with Crippen molar-refractivity contribution in [3.63, 3.8) is 0 Å². The van der Waals surface area contributed by atoms with Gasteiger partial charge in [-0.05, 0) is 66.1 Å². The second-order valence-corrected chi connectivity index (χ2v) is 10.1. The van der Waals surface area contributed by atoms with Gasteiger partial charge in [0.25, 0.3) is 5.91 Å². The molecule has 0 fully saturated rings. The van der Waals surface area contributed by atoms with E-state index in [0.717, 1.165) is 29.5 Å². The average Bonchev–Trinajstić information content (AvgIpc) is 3.27. The van der Waals surface area contributed by atoms with Gasteiger partial charge in [0.2, 0.25) is 5.91 Å². The molecule has 1 aliphatic rings. The molecule has 0 saturated carbocycles. The highest BCUT2D eigenvalue weighted by Crippen LogP contribution is 2.41. The molecule has 1 aliphatic heterocycles. The summed E-state index contributed by atoms with van der Waals surface area (Å²) in [6, 6.07) is 14.7. The second kappa shape index (κ2) is 10.3. The van der Waals surface area contributed by atoms with Crippen LogP contribution in [0.4, 0.5) is 0 Å². The van der Waals surface area contributed by atoms with Crippen LogP contribution in [0, 0.1) is 6.92 Å². The topological polar surface area (TPSA) is 40.6 Å². The van der Waals surface area contributed by atoms with E-state index in [9.17, 15) is 9.59 Å². The molecule has 0 N–H and O–H groups in total. The number of hydrogen-bond donors (Lipinski definition) is 0. The molecule has 2 amide bonds. The van der Waals surface area contributed by atoms with Crippen molar-refractivity contribution in [1.82, 2.24) is 9.80 Å². The first-order chi connectivity index (χ1) is 15.9. The van der Waals surface area contributed by atoms with Crippen LogP contribution in [0.3, 0.4) is 0 Å². The monoisotopic (exact) mass is 500 g/mol. The first kappa shape index (κ1) is 23.8. The maximum atomic E-state index is 13.7. The summed E-state index contributed by atoms with van der Waals surface area (Å²) < 4.78 is 0. The molecule has 4 rings (SSSR count). The molecule has 172 valence electrons. The summed E-state index contributed by atoms with van der Waals surface area (Å²) in [6.07, 6.45) is 1.56. The van der Waals surface area contributed by atoms with E-state index in [1.807, 2.05) is 49.1 Å². The highest BCUT2D eigenvalue weighted by Gasteiger charge is 2.35. The van der Waals surface area contributed by atoms with Gasteiger partial charge in [-0.25, -0.2) is 0 Å². The third-order valence-corrected chi connectivity index (χ3v) is 7.58. The van der Waals surface area contributed by atoms with Gasteiger partial charge in [0.1, 0.15) is 6.54 Å². The summed E-state index contributed by atoms with van der Waals surface area (Å²) in [5.41, 5.74) is 3.48. The van der Waals surface area contributed by atoms with Crippen LogP contribution in [0.25, 0.3) is 0 Å². The first-order valence-electron chi connectivity index (χ1n) is 11.1. The Morgan fingerprint density at radius 3 is 2.64 bits per heavy atom. The molecule has 0 radical (unpaired) electrons. The molecule has 33 heavy (non-hydrogen) atoms. The Hall–Kier alpha value is -2.34. The number of benzene rings is 2. The van der Waals surface area contributed by atoms with Crippen LogP contribution in [-0.2, 0) is 11.2 Å². The van der Waals surface area contributed by atoms with Gasteiger partial charge < -0.3 is 9.80 Å². The number of carbonyl (C=O) groups excluding carboxylic acids is 2. The Morgan fingerprint density at radius 2 is 1.91 bits per heavy atom. The standard InChI is InChI=1S/C26H26Cl2N2O2S/c1-3-12-29(26(32)19-7-5-4-6-17(19)2)16-24(31)30-13-10-23-21(11-14-33-23)25(30)20-9-8-18(27)15-22(20)28/h4-9,11,14-15,25H,3,10,12-13,16H2,1-2H3. The van der Waals surface area contributed by atoms with Crippen molar-refractivity contribution < 1.29 is 9.59 Å². The molecule has 0 aliphatic carbocycles. The van der Waals surface area contributed by atoms with Crippen LogP contribution in [-0.4, -0.2) is 41.2 Å². The zero-order chi connectivity index (χ0) is 23.5. The number of aryl methyl sites for hydroxylation is 1. The molecule has 0 spiro atoms. The molecule has 1 aromatic heterocycles. The third kappa shape index (κ3) is 4.96. The molecule has 1 atom stereocenters. The molecule has 4 nitrogen and oxygen atoms in total. The number of thiophene rings is 1.